The third-order valence-corrected chi connectivity index (χ3v) is 3.89. The average Bonchev–Trinajstić information content (AvgIpc) is 2.97. The highest BCUT2D eigenvalue weighted by molar-refractivity contribution is 6.30. The van der Waals surface area contributed by atoms with Crippen molar-refractivity contribution in [2.45, 2.75) is 26.1 Å². The highest BCUT2D eigenvalue weighted by Crippen LogP contribution is 2.14. The van der Waals surface area contributed by atoms with Gasteiger partial charge in [-0.2, -0.15) is 0 Å². The van der Waals surface area contributed by atoms with Crippen molar-refractivity contribution in [3.05, 3.63) is 46.5 Å². The minimum absolute atomic E-state index is 0.133. The second kappa shape index (κ2) is 7.08. The summed E-state index contributed by atoms with van der Waals surface area (Å²) in [6, 6.07) is 7.28. The third kappa shape index (κ3) is 3.69. The average molecular weight is 337 g/mol. The molecule has 122 valence electrons. The van der Waals surface area contributed by atoms with Gasteiger partial charge in [-0.25, -0.2) is 5.06 Å². The van der Waals surface area contributed by atoms with Crippen molar-refractivity contribution in [2.24, 2.45) is 0 Å². The van der Waals surface area contributed by atoms with E-state index < -0.39 is 0 Å². The van der Waals surface area contributed by atoms with Crippen LogP contribution < -0.4 is 0 Å². The Morgan fingerprint density at radius 3 is 2.91 bits per heavy atom. The standard InChI is InChI=1S/C15H17ClN4O3/c1-22-20(9-11-2-4-12(16)5-3-11)15(21)8-13-17-18-14-10-23-7-6-19(13)14/h2-5H,6-10H2,1H3. The summed E-state index contributed by atoms with van der Waals surface area (Å²) in [6.45, 7) is 2.04. The van der Waals surface area contributed by atoms with E-state index in [1.807, 2.05) is 16.7 Å². The number of hydroxylamine groups is 2. The number of carbonyl (C=O) groups is 1. The third-order valence-electron chi connectivity index (χ3n) is 3.64. The van der Waals surface area contributed by atoms with E-state index in [9.17, 15) is 4.79 Å². The molecule has 0 atom stereocenters. The summed E-state index contributed by atoms with van der Waals surface area (Å²) >= 11 is 5.87. The molecule has 0 bridgehead atoms. The van der Waals surface area contributed by atoms with Gasteiger partial charge in [-0.1, -0.05) is 23.7 Å². The molecule has 2 aromatic rings. The molecule has 1 amide bonds. The SMILES string of the molecule is CON(Cc1ccc(Cl)cc1)C(=O)Cc1nnc2n1CCOC2. The molecule has 0 saturated carbocycles. The maximum absolute atomic E-state index is 12.5. The molecular formula is C15H17ClN4O3. The number of aromatic nitrogens is 3. The first-order valence-electron chi connectivity index (χ1n) is 7.25. The van der Waals surface area contributed by atoms with Crippen LogP contribution >= 0.6 is 11.6 Å². The predicted octanol–water partition coefficient (Wildman–Crippen LogP) is 1.59. The van der Waals surface area contributed by atoms with Crippen LogP contribution in [-0.2, 0) is 40.5 Å². The van der Waals surface area contributed by atoms with Gasteiger partial charge >= 0.3 is 0 Å². The molecule has 0 spiro atoms. The van der Waals surface area contributed by atoms with E-state index in [4.69, 9.17) is 21.2 Å². The maximum Gasteiger partial charge on any atom is 0.254 e. The molecule has 1 aliphatic heterocycles. The topological polar surface area (TPSA) is 69.5 Å². The Morgan fingerprint density at radius 1 is 1.39 bits per heavy atom. The van der Waals surface area contributed by atoms with E-state index in [1.54, 1.807) is 12.1 Å². The summed E-state index contributed by atoms with van der Waals surface area (Å²) in [5.74, 6) is 1.20. The number of rotatable bonds is 5. The number of nitrogens with zero attached hydrogens (tertiary/aromatic N) is 4. The predicted molar refractivity (Wildman–Crippen MR) is 82.4 cm³/mol. The van der Waals surface area contributed by atoms with Gasteiger partial charge in [0.05, 0.1) is 26.7 Å². The fraction of sp³-hybridized carbons (Fsp3) is 0.400. The minimum Gasteiger partial charge on any atom is -0.372 e. The van der Waals surface area contributed by atoms with E-state index in [1.165, 1.54) is 12.2 Å². The number of hydrogen-bond acceptors (Lipinski definition) is 5. The Hall–Kier alpha value is -1.96. The molecule has 8 heteroatoms. The van der Waals surface area contributed by atoms with Gasteiger partial charge in [0.2, 0.25) is 0 Å². The number of carbonyl (C=O) groups excluding carboxylic acids is 1. The molecule has 1 aromatic heterocycles. The van der Waals surface area contributed by atoms with Crippen LogP contribution in [0.2, 0.25) is 5.02 Å². The van der Waals surface area contributed by atoms with Crippen LogP contribution in [-0.4, -0.2) is 39.5 Å². The molecule has 1 aliphatic rings. The largest absolute Gasteiger partial charge is 0.372 e. The van der Waals surface area contributed by atoms with E-state index in [0.717, 1.165) is 11.4 Å². The van der Waals surface area contributed by atoms with Crippen LogP contribution in [0.25, 0.3) is 0 Å². The van der Waals surface area contributed by atoms with Crippen molar-refractivity contribution in [3.8, 4) is 0 Å². The molecule has 0 N–H and O–H groups in total. The quantitative estimate of drug-likeness (QED) is 0.776. The molecule has 0 fully saturated rings. The lowest BCUT2D eigenvalue weighted by atomic mass is 10.2. The second-order valence-electron chi connectivity index (χ2n) is 5.15. The van der Waals surface area contributed by atoms with Gasteiger partial charge in [0.1, 0.15) is 12.4 Å². The van der Waals surface area contributed by atoms with Crippen molar-refractivity contribution in [3.63, 3.8) is 0 Å². The lowest BCUT2D eigenvalue weighted by molar-refractivity contribution is -0.178. The Balaban J connectivity index is 1.68. The maximum atomic E-state index is 12.5. The van der Waals surface area contributed by atoms with Gasteiger partial charge in [-0.15, -0.1) is 10.2 Å². The van der Waals surface area contributed by atoms with Gasteiger partial charge < -0.3 is 9.30 Å². The molecular weight excluding hydrogens is 320 g/mol. The molecule has 0 radical (unpaired) electrons. The molecule has 0 aliphatic carbocycles. The lowest BCUT2D eigenvalue weighted by Gasteiger charge is -2.20. The van der Waals surface area contributed by atoms with Crippen LogP contribution in [0.3, 0.4) is 0 Å². The smallest absolute Gasteiger partial charge is 0.254 e. The van der Waals surface area contributed by atoms with Crippen LogP contribution in [0.1, 0.15) is 17.2 Å². The first-order chi connectivity index (χ1) is 11.2. The molecule has 7 nitrogen and oxygen atoms in total. The molecule has 0 saturated heterocycles. The fourth-order valence-corrected chi connectivity index (χ4v) is 2.55. The van der Waals surface area contributed by atoms with Crippen molar-refractivity contribution in [2.75, 3.05) is 13.7 Å². The van der Waals surface area contributed by atoms with Crippen molar-refractivity contribution in [1.82, 2.24) is 19.8 Å². The van der Waals surface area contributed by atoms with Crippen LogP contribution in [0, 0.1) is 0 Å². The fourth-order valence-electron chi connectivity index (χ4n) is 2.42. The van der Waals surface area contributed by atoms with E-state index >= 15 is 0 Å². The Bertz CT molecular complexity index is 687. The number of hydrogen-bond donors (Lipinski definition) is 0. The molecule has 1 aromatic carbocycles. The number of ether oxygens (including phenoxy) is 1. The normalized spacial score (nSPS) is 13.7. The zero-order valence-corrected chi connectivity index (χ0v) is 13.5. The van der Waals surface area contributed by atoms with Crippen LogP contribution in [0.4, 0.5) is 0 Å². The molecule has 23 heavy (non-hydrogen) atoms. The van der Waals surface area contributed by atoms with Gasteiger partial charge in [0.25, 0.3) is 5.91 Å². The zero-order chi connectivity index (χ0) is 16.2. The number of halogens is 1. The molecule has 2 heterocycles. The highest BCUT2D eigenvalue weighted by atomic mass is 35.5. The summed E-state index contributed by atoms with van der Waals surface area (Å²) in [5.41, 5.74) is 0.932. The number of benzene rings is 1. The number of amides is 1. The monoisotopic (exact) mass is 336 g/mol. The molecule has 0 unspecified atom stereocenters. The Labute approximate surface area is 138 Å². The van der Waals surface area contributed by atoms with Crippen LogP contribution in [0.5, 0.6) is 0 Å². The van der Waals surface area contributed by atoms with Crippen molar-refractivity contribution < 1.29 is 14.4 Å². The first kappa shape index (κ1) is 15.9. The van der Waals surface area contributed by atoms with Gasteiger partial charge in [0, 0.05) is 11.6 Å². The first-order valence-corrected chi connectivity index (χ1v) is 7.63. The Kier molecular flexibility index (Phi) is 4.90. The second-order valence-corrected chi connectivity index (χ2v) is 5.59. The summed E-state index contributed by atoms with van der Waals surface area (Å²) in [7, 11) is 1.47. The van der Waals surface area contributed by atoms with Crippen molar-refractivity contribution >= 4 is 17.5 Å². The van der Waals surface area contributed by atoms with E-state index in [-0.39, 0.29) is 12.3 Å². The van der Waals surface area contributed by atoms with Crippen LogP contribution in [0.15, 0.2) is 24.3 Å². The van der Waals surface area contributed by atoms with E-state index in [2.05, 4.69) is 10.2 Å². The summed E-state index contributed by atoms with van der Waals surface area (Å²) in [5, 5.41) is 10.1. The zero-order valence-electron chi connectivity index (χ0n) is 12.7. The lowest BCUT2D eigenvalue weighted by Crippen LogP contribution is -2.32. The van der Waals surface area contributed by atoms with E-state index in [0.29, 0.717) is 37.2 Å². The van der Waals surface area contributed by atoms with Gasteiger partial charge in [-0.3, -0.25) is 9.63 Å². The Morgan fingerprint density at radius 2 is 2.17 bits per heavy atom. The summed E-state index contributed by atoms with van der Waals surface area (Å²) in [6.07, 6.45) is 0.133. The summed E-state index contributed by atoms with van der Waals surface area (Å²) in [4.78, 5) is 17.7. The number of fused-ring (bicyclic) bond motifs is 1. The highest BCUT2D eigenvalue weighted by Gasteiger charge is 2.21. The van der Waals surface area contributed by atoms with Crippen molar-refractivity contribution in [1.29, 1.82) is 0 Å². The minimum atomic E-state index is -0.177. The molecule has 3 rings (SSSR count). The summed E-state index contributed by atoms with van der Waals surface area (Å²) < 4.78 is 7.25. The van der Waals surface area contributed by atoms with Gasteiger partial charge in [-0.05, 0) is 17.7 Å². The van der Waals surface area contributed by atoms with Gasteiger partial charge in [0.15, 0.2) is 5.82 Å².